The Kier molecular flexibility index (Phi) is 5.53. The fraction of sp³-hybridized carbons (Fsp3) is 0.500. The van der Waals surface area contributed by atoms with E-state index < -0.39 is 0 Å². The average molecular weight is 236 g/mol. The second kappa shape index (κ2) is 6.94. The van der Waals surface area contributed by atoms with Gasteiger partial charge >= 0.3 is 5.97 Å². The summed E-state index contributed by atoms with van der Waals surface area (Å²) in [6.45, 7) is 5.41. The normalized spacial score (nSPS) is 18.0. The van der Waals surface area contributed by atoms with Gasteiger partial charge in [-0.3, -0.25) is 0 Å². The van der Waals surface area contributed by atoms with Crippen molar-refractivity contribution in [2.75, 3.05) is 7.11 Å². The van der Waals surface area contributed by atoms with Crippen molar-refractivity contribution in [3.05, 3.63) is 36.1 Å². The summed E-state index contributed by atoms with van der Waals surface area (Å²) in [6, 6.07) is 0. The molecule has 0 amide bonds. The number of esters is 1. The molecule has 0 aliphatic heterocycles. The molecule has 3 nitrogen and oxygen atoms in total. The summed E-state index contributed by atoms with van der Waals surface area (Å²) >= 11 is 0. The Bertz CT molecular complexity index is 333. The van der Waals surface area contributed by atoms with E-state index >= 15 is 0 Å². The Hall–Kier alpha value is -1.51. The van der Waals surface area contributed by atoms with Crippen molar-refractivity contribution in [3.8, 4) is 0 Å². The molecule has 0 bridgehead atoms. The summed E-state index contributed by atoms with van der Waals surface area (Å²) in [4.78, 5) is 11.2. The van der Waals surface area contributed by atoms with Gasteiger partial charge in [0.2, 0.25) is 0 Å². The molecule has 0 atom stereocenters. The third kappa shape index (κ3) is 4.47. The number of hydrogen-bond donors (Lipinski definition) is 0. The summed E-state index contributed by atoms with van der Waals surface area (Å²) in [5, 5.41) is 0. The minimum Gasteiger partial charge on any atom is -0.490 e. The zero-order valence-corrected chi connectivity index (χ0v) is 10.6. The molecule has 1 fully saturated rings. The first kappa shape index (κ1) is 13.6. The lowest BCUT2D eigenvalue weighted by atomic mass is 10.2. The molecule has 0 aromatic heterocycles. The maximum absolute atomic E-state index is 11.2. The van der Waals surface area contributed by atoms with Crippen LogP contribution in [-0.4, -0.2) is 19.2 Å². The van der Waals surface area contributed by atoms with Gasteiger partial charge in [-0.05, 0) is 50.8 Å². The number of allylic oxidation sites excluding steroid dienone is 3. The maximum Gasteiger partial charge on any atom is 0.333 e. The van der Waals surface area contributed by atoms with Crippen molar-refractivity contribution in [3.63, 3.8) is 0 Å². The molecular weight excluding hydrogens is 216 g/mol. The number of carbonyl (C=O) groups excluding carboxylic acids is 1. The number of ether oxygens (including phenoxy) is 2. The molecule has 1 rings (SSSR count). The molecular formula is C14H20O3. The van der Waals surface area contributed by atoms with E-state index in [9.17, 15) is 4.79 Å². The molecule has 0 aromatic rings. The highest BCUT2D eigenvalue weighted by Crippen LogP contribution is 2.23. The van der Waals surface area contributed by atoms with Gasteiger partial charge in [-0.15, -0.1) is 0 Å². The number of hydrogen-bond acceptors (Lipinski definition) is 3. The lowest BCUT2D eigenvalue weighted by Gasteiger charge is -2.13. The van der Waals surface area contributed by atoms with Gasteiger partial charge in [0, 0.05) is 5.57 Å². The highest BCUT2D eigenvalue weighted by Gasteiger charge is 2.16. The lowest BCUT2D eigenvalue weighted by molar-refractivity contribution is -0.136. The van der Waals surface area contributed by atoms with Gasteiger partial charge in [0.15, 0.2) is 0 Å². The molecule has 0 radical (unpaired) electrons. The van der Waals surface area contributed by atoms with Crippen LogP contribution in [0, 0.1) is 0 Å². The van der Waals surface area contributed by atoms with Gasteiger partial charge in [0.05, 0.1) is 13.2 Å². The number of carbonyl (C=O) groups is 1. The third-order valence-corrected chi connectivity index (χ3v) is 2.81. The summed E-state index contributed by atoms with van der Waals surface area (Å²) < 4.78 is 10.4. The molecule has 1 aliphatic carbocycles. The molecule has 0 saturated heterocycles. The second-order valence-corrected chi connectivity index (χ2v) is 4.14. The SMILES string of the molecule is C=C/C(=C\C=C(/C)C(=O)OC)OC1CCCC1. The summed E-state index contributed by atoms with van der Waals surface area (Å²) in [7, 11) is 1.37. The van der Waals surface area contributed by atoms with Crippen molar-refractivity contribution < 1.29 is 14.3 Å². The molecule has 0 unspecified atom stereocenters. The average Bonchev–Trinajstić information content (AvgIpc) is 2.85. The van der Waals surface area contributed by atoms with Crippen molar-refractivity contribution >= 4 is 5.97 Å². The van der Waals surface area contributed by atoms with Gasteiger partial charge < -0.3 is 9.47 Å². The van der Waals surface area contributed by atoms with Crippen LogP contribution in [0.4, 0.5) is 0 Å². The largest absolute Gasteiger partial charge is 0.490 e. The van der Waals surface area contributed by atoms with Crippen LogP contribution in [0.1, 0.15) is 32.6 Å². The Morgan fingerprint density at radius 2 is 1.94 bits per heavy atom. The molecule has 1 saturated carbocycles. The molecule has 0 spiro atoms. The highest BCUT2D eigenvalue weighted by molar-refractivity contribution is 5.87. The van der Waals surface area contributed by atoms with Crippen LogP contribution >= 0.6 is 0 Å². The minimum atomic E-state index is -0.328. The van der Waals surface area contributed by atoms with Crippen LogP contribution in [0.3, 0.4) is 0 Å². The number of rotatable bonds is 5. The molecule has 0 N–H and O–H groups in total. The zero-order chi connectivity index (χ0) is 12.7. The van der Waals surface area contributed by atoms with Gasteiger partial charge in [-0.2, -0.15) is 0 Å². The van der Waals surface area contributed by atoms with Crippen molar-refractivity contribution in [2.45, 2.75) is 38.7 Å². The second-order valence-electron chi connectivity index (χ2n) is 4.14. The van der Waals surface area contributed by atoms with Gasteiger partial charge in [0.1, 0.15) is 5.76 Å². The third-order valence-electron chi connectivity index (χ3n) is 2.81. The summed E-state index contributed by atoms with van der Waals surface area (Å²) in [5.74, 6) is 0.380. The van der Waals surface area contributed by atoms with Crippen molar-refractivity contribution in [2.24, 2.45) is 0 Å². The quantitative estimate of drug-likeness (QED) is 0.318. The predicted octanol–water partition coefficient (Wildman–Crippen LogP) is 3.13. The standard InChI is InChI=1S/C14H20O3/c1-4-12(17-13-7-5-6-8-13)10-9-11(2)14(15)16-3/h4,9-10,13H,1,5-8H2,2-3H3/b11-9+,12-10+. The van der Waals surface area contributed by atoms with Crippen LogP contribution in [-0.2, 0) is 14.3 Å². The first-order valence-corrected chi connectivity index (χ1v) is 5.93. The van der Waals surface area contributed by atoms with E-state index in [1.807, 2.05) is 0 Å². The Morgan fingerprint density at radius 3 is 2.47 bits per heavy atom. The van der Waals surface area contributed by atoms with Crippen LogP contribution in [0.5, 0.6) is 0 Å². The van der Waals surface area contributed by atoms with E-state index in [0.29, 0.717) is 17.4 Å². The summed E-state index contributed by atoms with van der Waals surface area (Å²) in [5.41, 5.74) is 0.543. The fourth-order valence-corrected chi connectivity index (χ4v) is 1.79. The number of methoxy groups -OCH3 is 1. The molecule has 3 heteroatoms. The molecule has 1 aliphatic rings. The summed E-state index contributed by atoms with van der Waals surface area (Å²) in [6.07, 6.45) is 10.1. The Balaban J connectivity index is 2.59. The fourth-order valence-electron chi connectivity index (χ4n) is 1.79. The van der Waals surface area contributed by atoms with Gasteiger partial charge in [0.25, 0.3) is 0 Å². The topological polar surface area (TPSA) is 35.5 Å². The van der Waals surface area contributed by atoms with Crippen molar-refractivity contribution in [1.29, 1.82) is 0 Å². The van der Waals surface area contributed by atoms with Crippen LogP contribution in [0.2, 0.25) is 0 Å². The van der Waals surface area contributed by atoms with E-state index in [1.54, 1.807) is 25.2 Å². The molecule has 94 valence electrons. The molecule has 0 aromatic carbocycles. The highest BCUT2D eigenvalue weighted by atomic mass is 16.5. The van der Waals surface area contributed by atoms with E-state index in [1.165, 1.54) is 20.0 Å². The first-order valence-electron chi connectivity index (χ1n) is 5.93. The van der Waals surface area contributed by atoms with Gasteiger partial charge in [-0.1, -0.05) is 6.58 Å². The molecule has 17 heavy (non-hydrogen) atoms. The van der Waals surface area contributed by atoms with Crippen LogP contribution < -0.4 is 0 Å². The smallest absolute Gasteiger partial charge is 0.333 e. The Labute approximate surface area is 103 Å². The van der Waals surface area contributed by atoms with Crippen LogP contribution in [0.15, 0.2) is 36.1 Å². The Morgan fingerprint density at radius 1 is 1.29 bits per heavy atom. The predicted molar refractivity (Wildman–Crippen MR) is 67.4 cm³/mol. The van der Waals surface area contributed by atoms with Gasteiger partial charge in [-0.25, -0.2) is 4.79 Å². The van der Waals surface area contributed by atoms with E-state index in [-0.39, 0.29) is 5.97 Å². The van der Waals surface area contributed by atoms with E-state index in [0.717, 1.165) is 12.8 Å². The molecule has 0 heterocycles. The van der Waals surface area contributed by atoms with E-state index in [2.05, 4.69) is 11.3 Å². The van der Waals surface area contributed by atoms with E-state index in [4.69, 9.17) is 4.74 Å². The first-order chi connectivity index (χ1) is 8.17. The lowest BCUT2D eigenvalue weighted by Crippen LogP contribution is -2.06. The van der Waals surface area contributed by atoms with Crippen molar-refractivity contribution in [1.82, 2.24) is 0 Å². The monoisotopic (exact) mass is 236 g/mol. The maximum atomic E-state index is 11.2. The minimum absolute atomic E-state index is 0.297. The van der Waals surface area contributed by atoms with Crippen LogP contribution in [0.25, 0.3) is 0 Å². The zero-order valence-electron chi connectivity index (χ0n) is 10.6.